The third-order valence-electron chi connectivity index (χ3n) is 3.09. The van der Waals surface area contributed by atoms with Gasteiger partial charge in [0.2, 0.25) is 5.91 Å². The fraction of sp³-hybridized carbons (Fsp3) is 0.235. The van der Waals surface area contributed by atoms with Gasteiger partial charge >= 0.3 is 0 Å². The van der Waals surface area contributed by atoms with Crippen molar-refractivity contribution in [3.63, 3.8) is 0 Å². The van der Waals surface area contributed by atoms with Crippen molar-refractivity contribution >= 4 is 35.0 Å². The van der Waals surface area contributed by atoms with E-state index >= 15 is 0 Å². The van der Waals surface area contributed by atoms with E-state index in [2.05, 4.69) is 5.32 Å². The number of carbonyl (C=O) groups excluding carboxylic acids is 1. The minimum absolute atomic E-state index is 0.0898. The maximum atomic E-state index is 12.1. The highest BCUT2D eigenvalue weighted by atomic mass is 35.5. The second-order valence-electron chi connectivity index (χ2n) is 4.65. The molecule has 2 rings (SSSR count). The average molecular weight is 352 g/mol. The molecule has 2 aromatic carbocycles. The highest BCUT2D eigenvalue weighted by molar-refractivity contribution is 7.99. The van der Waals surface area contributed by atoms with Crippen molar-refractivity contribution in [2.24, 2.45) is 0 Å². The van der Waals surface area contributed by atoms with Crippen LogP contribution in [-0.4, -0.2) is 25.9 Å². The van der Waals surface area contributed by atoms with Crippen molar-refractivity contribution in [2.45, 2.75) is 11.3 Å². The number of thioether (sulfide) groups is 1. The zero-order valence-electron chi connectivity index (χ0n) is 13.0. The monoisotopic (exact) mass is 351 g/mol. The summed E-state index contributed by atoms with van der Waals surface area (Å²) in [5, 5.41) is 3.24. The van der Waals surface area contributed by atoms with Crippen LogP contribution in [0.4, 0.5) is 5.69 Å². The molecule has 1 N–H and O–H groups in total. The number of carbonyl (C=O) groups is 1. The Kier molecular flexibility index (Phi) is 6.62. The normalized spacial score (nSPS) is 10.2. The molecule has 0 atom stereocenters. The van der Waals surface area contributed by atoms with E-state index in [0.717, 1.165) is 4.90 Å². The van der Waals surface area contributed by atoms with E-state index in [9.17, 15) is 4.79 Å². The number of anilines is 1. The van der Waals surface area contributed by atoms with Gasteiger partial charge in [-0.2, -0.15) is 0 Å². The lowest BCUT2D eigenvalue weighted by atomic mass is 10.2. The highest BCUT2D eigenvalue weighted by Gasteiger charge is 2.12. The van der Waals surface area contributed by atoms with Crippen molar-refractivity contribution in [3.05, 3.63) is 47.5 Å². The predicted molar refractivity (Wildman–Crippen MR) is 95.0 cm³/mol. The number of halogens is 1. The van der Waals surface area contributed by atoms with Gasteiger partial charge in [-0.1, -0.05) is 29.8 Å². The van der Waals surface area contributed by atoms with Gasteiger partial charge in [-0.25, -0.2) is 0 Å². The van der Waals surface area contributed by atoms with Crippen LogP contribution >= 0.6 is 23.4 Å². The van der Waals surface area contributed by atoms with Gasteiger partial charge in [0.1, 0.15) is 11.5 Å². The number of rotatable bonds is 7. The molecule has 0 radical (unpaired) electrons. The molecule has 1 amide bonds. The number of hydrogen-bond donors (Lipinski definition) is 1. The molecule has 6 heteroatoms. The van der Waals surface area contributed by atoms with Crippen molar-refractivity contribution in [3.8, 4) is 11.5 Å². The molecular formula is C17H18ClNO3S. The van der Waals surface area contributed by atoms with Crippen LogP contribution in [0.1, 0.15) is 6.42 Å². The fourth-order valence-electron chi connectivity index (χ4n) is 1.95. The first-order valence-electron chi connectivity index (χ1n) is 7.03. The summed E-state index contributed by atoms with van der Waals surface area (Å²) in [4.78, 5) is 13.2. The first-order valence-corrected chi connectivity index (χ1v) is 8.39. The smallest absolute Gasteiger partial charge is 0.225 e. The number of amides is 1. The van der Waals surface area contributed by atoms with E-state index in [4.69, 9.17) is 21.1 Å². The fourth-order valence-corrected chi connectivity index (χ4v) is 3.06. The van der Waals surface area contributed by atoms with Gasteiger partial charge in [-0.15, -0.1) is 11.8 Å². The van der Waals surface area contributed by atoms with E-state index < -0.39 is 0 Å². The van der Waals surface area contributed by atoms with Gasteiger partial charge in [0.05, 0.1) is 24.9 Å². The Morgan fingerprint density at radius 1 is 1.13 bits per heavy atom. The summed E-state index contributed by atoms with van der Waals surface area (Å²) in [6.45, 7) is 0. The second-order valence-corrected chi connectivity index (χ2v) is 6.22. The molecule has 2 aromatic rings. The van der Waals surface area contributed by atoms with Crippen LogP contribution in [0, 0.1) is 0 Å². The molecule has 0 fully saturated rings. The summed E-state index contributed by atoms with van der Waals surface area (Å²) in [6.07, 6.45) is 0.395. The first-order chi connectivity index (χ1) is 11.1. The van der Waals surface area contributed by atoms with Crippen LogP contribution in [0.15, 0.2) is 47.4 Å². The van der Waals surface area contributed by atoms with E-state index in [1.807, 2.05) is 30.3 Å². The Bertz CT molecular complexity index is 664. The van der Waals surface area contributed by atoms with E-state index in [-0.39, 0.29) is 5.91 Å². The van der Waals surface area contributed by atoms with Gasteiger partial charge in [-0.3, -0.25) is 4.79 Å². The molecule has 0 spiro atoms. The molecule has 0 aromatic heterocycles. The molecular weight excluding hydrogens is 334 g/mol. The number of ether oxygens (including phenoxy) is 2. The third-order valence-corrected chi connectivity index (χ3v) is 4.40. The van der Waals surface area contributed by atoms with Crippen LogP contribution in [0.2, 0.25) is 5.02 Å². The van der Waals surface area contributed by atoms with Crippen molar-refractivity contribution in [1.29, 1.82) is 0 Å². The molecule has 0 bridgehead atoms. The van der Waals surface area contributed by atoms with Crippen LogP contribution < -0.4 is 14.8 Å². The maximum absolute atomic E-state index is 12.1. The maximum Gasteiger partial charge on any atom is 0.225 e. The van der Waals surface area contributed by atoms with E-state index in [1.165, 1.54) is 14.2 Å². The van der Waals surface area contributed by atoms with E-state index in [0.29, 0.717) is 34.4 Å². The summed E-state index contributed by atoms with van der Waals surface area (Å²) < 4.78 is 10.4. The van der Waals surface area contributed by atoms with Crippen molar-refractivity contribution < 1.29 is 14.3 Å². The van der Waals surface area contributed by atoms with Gasteiger partial charge in [0.25, 0.3) is 0 Å². The average Bonchev–Trinajstić information content (AvgIpc) is 2.56. The lowest BCUT2D eigenvalue weighted by Crippen LogP contribution is -2.13. The van der Waals surface area contributed by atoms with Crippen molar-refractivity contribution in [1.82, 2.24) is 0 Å². The van der Waals surface area contributed by atoms with Crippen LogP contribution in [0.25, 0.3) is 0 Å². The summed E-state index contributed by atoms with van der Waals surface area (Å²) in [5.41, 5.74) is 0.535. The lowest BCUT2D eigenvalue weighted by Gasteiger charge is -2.13. The Morgan fingerprint density at radius 3 is 2.48 bits per heavy atom. The number of benzene rings is 2. The summed E-state index contributed by atoms with van der Waals surface area (Å²) in [7, 11) is 3.06. The van der Waals surface area contributed by atoms with E-state index in [1.54, 1.807) is 23.9 Å². The molecule has 4 nitrogen and oxygen atoms in total. The highest BCUT2D eigenvalue weighted by Crippen LogP contribution is 2.36. The Morgan fingerprint density at radius 2 is 1.83 bits per heavy atom. The van der Waals surface area contributed by atoms with Crippen LogP contribution in [0.5, 0.6) is 11.5 Å². The number of methoxy groups -OCH3 is 2. The molecule has 0 aliphatic heterocycles. The SMILES string of the molecule is COc1cc(OC)c(NC(=O)CCSc2ccccc2)cc1Cl. The zero-order chi connectivity index (χ0) is 16.7. The first kappa shape index (κ1) is 17.5. The lowest BCUT2D eigenvalue weighted by molar-refractivity contribution is -0.115. The predicted octanol–water partition coefficient (Wildman–Crippen LogP) is 4.48. The molecule has 0 saturated heterocycles. The molecule has 122 valence electrons. The quantitative estimate of drug-likeness (QED) is 0.747. The van der Waals surface area contributed by atoms with Crippen molar-refractivity contribution in [2.75, 3.05) is 25.3 Å². The minimum atomic E-state index is -0.0898. The molecule has 0 aliphatic rings. The summed E-state index contributed by atoms with van der Waals surface area (Å²) in [5.74, 6) is 1.62. The van der Waals surface area contributed by atoms with Crippen LogP contribution in [-0.2, 0) is 4.79 Å². The van der Waals surface area contributed by atoms with Gasteiger partial charge < -0.3 is 14.8 Å². The topological polar surface area (TPSA) is 47.6 Å². The zero-order valence-corrected chi connectivity index (χ0v) is 14.5. The largest absolute Gasteiger partial charge is 0.495 e. The molecule has 0 heterocycles. The number of hydrogen-bond acceptors (Lipinski definition) is 4. The molecule has 0 saturated carbocycles. The number of nitrogens with one attached hydrogen (secondary N) is 1. The Labute approximate surface area is 145 Å². The Hall–Kier alpha value is -1.85. The van der Waals surface area contributed by atoms with Gasteiger partial charge in [0.15, 0.2) is 0 Å². The van der Waals surface area contributed by atoms with Crippen LogP contribution in [0.3, 0.4) is 0 Å². The summed E-state index contributed by atoms with van der Waals surface area (Å²) >= 11 is 7.73. The molecule has 23 heavy (non-hydrogen) atoms. The second kappa shape index (κ2) is 8.70. The third kappa shape index (κ3) is 5.08. The standard InChI is InChI=1S/C17H18ClNO3S/c1-21-15-11-16(22-2)14(10-13(15)18)19-17(20)8-9-23-12-6-4-3-5-7-12/h3-7,10-11H,8-9H2,1-2H3,(H,19,20). The minimum Gasteiger partial charge on any atom is -0.495 e. The molecule has 0 aliphatic carbocycles. The van der Waals surface area contributed by atoms with Gasteiger partial charge in [-0.05, 0) is 18.2 Å². The molecule has 0 unspecified atom stereocenters. The van der Waals surface area contributed by atoms with Gasteiger partial charge in [0, 0.05) is 23.1 Å². The summed E-state index contributed by atoms with van der Waals surface area (Å²) in [6, 6.07) is 13.2. The Balaban J connectivity index is 1.93.